The number of benzene rings is 1. The number of anilines is 1. The van der Waals surface area contributed by atoms with Crippen LogP contribution in [-0.2, 0) is 19.1 Å². The number of esters is 2. The zero-order chi connectivity index (χ0) is 21.5. The summed E-state index contributed by atoms with van der Waals surface area (Å²) >= 11 is 0. The van der Waals surface area contributed by atoms with Crippen LogP contribution in [0.2, 0.25) is 0 Å². The molecule has 0 spiro atoms. The van der Waals surface area contributed by atoms with Gasteiger partial charge in [0.25, 0.3) is 0 Å². The maximum absolute atomic E-state index is 12.7. The van der Waals surface area contributed by atoms with Gasteiger partial charge < -0.3 is 20.1 Å². The smallest absolute Gasteiger partial charge is 0.339 e. The highest BCUT2D eigenvalue weighted by Gasteiger charge is 2.51. The number of amides is 2. The summed E-state index contributed by atoms with van der Waals surface area (Å²) in [6.07, 6.45) is 6.44. The Morgan fingerprint density at radius 3 is 1.97 bits per heavy atom. The van der Waals surface area contributed by atoms with Gasteiger partial charge >= 0.3 is 23.8 Å². The van der Waals surface area contributed by atoms with E-state index in [9.17, 15) is 19.2 Å². The fraction of sp³-hybridized carbons (Fsp3) is 0.545. The first kappa shape index (κ1) is 20.4. The van der Waals surface area contributed by atoms with Crippen LogP contribution in [0.4, 0.5) is 5.69 Å². The summed E-state index contributed by atoms with van der Waals surface area (Å²) in [5.41, 5.74) is -0.0964. The molecule has 4 saturated carbocycles. The first-order valence-electron chi connectivity index (χ1n) is 10.3. The molecular weight excluding hydrogens is 388 g/mol. The summed E-state index contributed by atoms with van der Waals surface area (Å²) in [6.45, 7) is 0. The van der Waals surface area contributed by atoms with Crippen molar-refractivity contribution in [2.24, 2.45) is 17.8 Å². The lowest BCUT2D eigenvalue weighted by molar-refractivity contribution is -0.139. The first-order chi connectivity index (χ1) is 14.3. The predicted molar refractivity (Wildman–Crippen MR) is 107 cm³/mol. The van der Waals surface area contributed by atoms with Gasteiger partial charge in [-0.3, -0.25) is 9.59 Å². The summed E-state index contributed by atoms with van der Waals surface area (Å²) in [6, 6.07) is 4.04. The van der Waals surface area contributed by atoms with Crippen molar-refractivity contribution in [2.45, 2.75) is 44.1 Å². The third-order valence-corrected chi connectivity index (χ3v) is 6.72. The van der Waals surface area contributed by atoms with Crippen LogP contribution in [0.5, 0.6) is 0 Å². The van der Waals surface area contributed by atoms with E-state index in [1.54, 1.807) is 0 Å². The van der Waals surface area contributed by atoms with Gasteiger partial charge in [-0.1, -0.05) is 0 Å². The number of ether oxygens (including phenoxy) is 2. The second-order valence-electron chi connectivity index (χ2n) is 8.85. The molecule has 5 rings (SSSR count). The fourth-order valence-corrected chi connectivity index (χ4v) is 5.92. The van der Waals surface area contributed by atoms with Crippen molar-refractivity contribution < 1.29 is 28.7 Å². The highest BCUT2D eigenvalue weighted by molar-refractivity contribution is 6.40. The molecule has 0 saturated heterocycles. The Balaban J connectivity index is 1.51. The highest BCUT2D eigenvalue weighted by Crippen LogP contribution is 2.55. The Bertz CT molecular complexity index is 874. The maximum Gasteiger partial charge on any atom is 0.339 e. The van der Waals surface area contributed by atoms with E-state index >= 15 is 0 Å². The number of rotatable bonds is 4. The third-order valence-electron chi connectivity index (χ3n) is 6.72. The second kappa shape index (κ2) is 7.74. The standard InChI is InChI=1S/C22H26N2O6/c1-29-20(27)15-3-4-16(21(28)30-2)17(8-15)23-18(25)19(26)24-22-9-12-5-13(10-22)7-14(6-12)11-22/h3-4,8,12-14H,5-7,9-11H2,1-2H3,(H,23,25)(H,24,26). The zero-order valence-electron chi connectivity index (χ0n) is 17.2. The number of carbonyl (C=O) groups is 4. The second-order valence-corrected chi connectivity index (χ2v) is 8.85. The van der Waals surface area contributed by atoms with Gasteiger partial charge in [0.15, 0.2) is 0 Å². The van der Waals surface area contributed by atoms with E-state index in [1.165, 1.54) is 51.7 Å². The molecule has 8 nitrogen and oxygen atoms in total. The Morgan fingerprint density at radius 2 is 1.43 bits per heavy atom. The Labute approximate surface area is 174 Å². The lowest BCUT2D eigenvalue weighted by Crippen LogP contribution is -2.61. The van der Waals surface area contributed by atoms with Crippen LogP contribution in [0.25, 0.3) is 0 Å². The van der Waals surface area contributed by atoms with Gasteiger partial charge in [-0.15, -0.1) is 0 Å². The molecule has 30 heavy (non-hydrogen) atoms. The molecule has 160 valence electrons. The topological polar surface area (TPSA) is 111 Å². The normalized spacial score (nSPS) is 28.5. The zero-order valence-corrected chi connectivity index (χ0v) is 17.2. The van der Waals surface area contributed by atoms with Gasteiger partial charge in [-0.25, -0.2) is 9.59 Å². The molecule has 0 unspecified atom stereocenters. The van der Waals surface area contributed by atoms with Gasteiger partial charge in [0.2, 0.25) is 0 Å². The molecule has 4 aliphatic rings. The summed E-state index contributed by atoms with van der Waals surface area (Å²) in [5, 5.41) is 5.46. The SMILES string of the molecule is COC(=O)c1ccc(C(=O)OC)c(NC(=O)C(=O)NC23CC4CC(CC(C4)C2)C3)c1. The van der Waals surface area contributed by atoms with E-state index in [0.29, 0.717) is 17.8 Å². The van der Waals surface area contributed by atoms with Crippen molar-refractivity contribution >= 4 is 29.4 Å². The molecular formula is C22H26N2O6. The molecule has 4 aliphatic carbocycles. The Morgan fingerprint density at radius 1 is 0.867 bits per heavy atom. The minimum Gasteiger partial charge on any atom is -0.465 e. The molecule has 0 atom stereocenters. The van der Waals surface area contributed by atoms with E-state index in [4.69, 9.17) is 4.74 Å². The quantitative estimate of drug-likeness (QED) is 0.578. The summed E-state index contributed by atoms with van der Waals surface area (Å²) in [4.78, 5) is 49.3. The highest BCUT2D eigenvalue weighted by atomic mass is 16.5. The number of hydrogen-bond donors (Lipinski definition) is 2. The van der Waals surface area contributed by atoms with E-state index in [1.807, 2.05) is 0 Å². The summed E-state index contributed by atoms with van der Waals surface area (Å²) in [7, 11) is 2.44. The van der Waals surface area contributed by atoms with E-state index in [2.05, 4.69) is 15.4 Å². The van der Waals surface area contributed by atoms with Crippen molar-refractivity contribution in [3.05, 3.63) is 29.3 Å². The number of hydrogen-bond acceptors (Lipinski definition) is 6. The van der Waals surface area contributed by atoms with E-state index in [-0.39, 0.29) is 22.4 Å². The lowest BCUT2D eigenvalue weighted by atomic mass is 9.53. The molecule has 0 radical (unpaired) electrons. The van der Waals surface area contributed by atoms with Crippen molar-refractivity contribution in [3.63, 3.8) is 0 Å². The van der Waals surface area contributed by atoms with E-state index < -0.39 is 23.8 Å². The monoisotopic (exact) mass is 414 g/mol. The van der Waals surface area contributed by atoms with Crippen LogP contribution in [0, 0.1) is 17.8 Å². The van der Waals surface area contributed by atoms with E-state index in [0.717, 1.165) is 19.3 Å². The van der Waals surface area contributed by atoms with Crippen LogP contribution in [0.15, 0.2) is 18.2 Å². The molecule has 2 N–H and O–H groups in total. The van der Waals surface area contributed by atoms with Crippen molar-refractivity contribution in [3.8, 4) is 0 Å². The van der Waals surface area contributed by atoms with Crippen LogP contribution in [0.1, 0.15) is 59.2 Å². The van der Waals surface area contributed by atoms with Gasteiger partial charge in [-0.2, -0.15) is 0 Å². The Kier molecular flexibility index (Phi) is 5.26. The summed E-state index contributed by atoms with van der Waals surface area (Å²) in [5.74, 6) is -1.04. The third kappa shape index (κ3) is 3.78. The van der Waals surface area contributed by atoms with Crippen LogP contribution < -0.4 is 10.6 Å². The number of nitrogens with one attached hydrogen (secondary N) is 2. The minimum atomic E-state index is -0.877. The molecule has 1 aromatic rings. The molecule has 2 amide bonds. The van der Waals surface area contributed by atoms with Crippen molar-refractivity contribution in [1.29, 1.82) is 0 Å². The lowest BCUT2D eigenvalue weighted by Gasteiger charge is -2.56. The van der Waals surface area contributed by atoms with Gasteiger partial charge in [0.05, 0.1) is 31.0 Å². The molecule has 4 fully saturated rings. The van der Waals surface area contributed by atoms with Crippen molar-refractivity contribution in [2.75, 3.05) is 19.5 Å². The van der Waals surface area contributed by atoms with Crippen LogP contribution in [0.3, 0.4) is 0 Å². The predicted octanol–water partition coefficient (Wildman–Crippen LogP) is 2.28. The average Bonchev–Trinajstić information content (AvgIpc) is 2.71. The molecule has 1 aromatic carbocycles. The van der Waals surface area contributed by atoms with Gasteiger partial charge in [0.1, 0.15) is 0 Å². The summed E-state index contributed by atoms with van der Waals surface area (Å²) < 4.78 is 9.41. The first-order valence-corrected chi connectivity index (χ1v) is 10.3. The number of carbonyl (C=O) groups excluding carboxylic acids is 4. The Hall–Kier alpha value is -2.90. The largest absolute Gasteiger partial charge is 0.465 e. The van der Waals surface area contributed by atoms with Gasteiger partial charge in [0, 0.05) is 5.54 Å². The molecule has 4 bridgehead atoms. The molecule has 0 aromatic heterocycles. The number of methoxy groups -OCH3 is 2. The van der Waals surface area contributed by atoms with Crippen LogP contribution in [-0.4, -0.2) is 43.5 Å². The maximum atomic E-state index is 12.7. The van der Waals surface area contributed by atoms with Gasteiger partial charge in [-0.05, 0) is 74.5 Å². The minimum absolute atomic E-state index is 0.0235. The van der Waals surface area contributed by atoms with Crippen LogP contribution >= 0.6 is 0 Å². The molecule has 0 aliphatic heterocycles. The average molecular weight is 414 g/mol. The van der Waals surface area contributed by atoms with Crippen molar-refractivity contribution in [1.82, 2.24) is 5.32 Å². The fourth-order valence-electron chi connectivity index (χ4n) is 5.92. The molecule has 0 heterocycles. The molecule has 8 heteroatoms.